The first-order valence-electron chi connectivity index (χ1n) is 0.565. The van der Waals surface area contributed by atoms with E-state index in [1.54, 1.807) is 0 Å². The maximum atomic E-state index is 8.67. The Kier molecular flexibility index (Phi) is 28.0. The SMILES string of the molecule is [Ca+2].[Er].[H-].[H-].[O]=[V](=[O])[OH]. The molecule has 6 heavy (non-hydrogen) atoms. The summed E-state index contributed by atoms with van der Waals surface area (Å²) in [6, 6.07) is 0. The quantitative estimate of drug-likeness (QED) is 0.587. The van der Waals surface area contributed by atoms with E-state index in [-0.39, 0.29) is 77.9 Å². The molecule has 3 nitrogen and oxygen atoms in total. The fraction of sp³-hybridized carbons (Fsp3) is 0. The second-order valence-electron chi connectivity index (χ2n) is 0.238. The molecule has 0 saturated heterocycles. The van der Waals surface area contributed by atoms with E-state index in [0.29, 0.717) is 0 Å². The molecule has 0 aliphatic rings. The molecule has 0 fully saturated rings. The molecule has 0 amide bonds. The van der Waals surface area contributed by atoms with Gasteiger partial charge in [-0.25, -0.2) is 0 Å². The Balaban J connectivity index is -0.00000000750. The van der Waals surface area contributed by atoms with Crippen LogP contribution in [-0.4, -0.2) is 41.8 Å². The molecule has 1 N–H and O–H groups in total. The minimum atomic E-state index is -3.69. The van der Waals surface area contributed by atoms with Gasteiger partial charge in [0.15, 0.2) is 0 Å². The second-order valence-corrected chi connectivity index (χ2v) is 0.981. The summed E-state index contributed by atoms with van der Waals surface area (Å²) in [5, 5.41) is 0. The fourth-order valence-corrected chi connectivity index (χ4v) is 0. The van der Waals surface area contributed by atoms with Crippen LogP contribution in [0.1, 0.15) is 2.85 Å². The summed E-state index contributed by atoms with van der Waals surface area (Å²) < 4.78 is 24.4. The van der Waals surface area contributed by atoms with Crippen molar-refractivity contribution in [2.75, 3.05) is 0 Å². The van der Waals surface area contributed by atoms with Crippen molar-refractivity contribution in [1.82, 2.24) is 0 Å². The van der Waals surface area contributed by atoms with E-state index in [0.717, 1.165) is 0 Å². The molecule has 0 bridgehead atoms. The van der Waals surface area contributed by atoms with E-state index >= 15 is 0 Å². The average molecular weight is 309 g/mol. The monoisotopic (exact) mass is 308 g/mol. The first-order chi connectivity index (χ1) is 1.73. The molecule has 0 aliphatic heterocycles. The van der Waals surface area contributed by atoms with Gasteiger partial charge in [-0.15, -0.1) is 0 Å². The van der Waals surface area contributed by atoms with Gasteiger partial charge in [-0.1, -0.05) is 0 Å². The first-order valence-corrected chi connectivity index (χ1v) is 2.33. The van der Waals surface area contributed by atoms with Crippen molar-refractivity contribution in [1.29, 1.82) is 0 Å². The molecule has 0 saturated carbocycles. The van der Waals surface area contributed by atoms with Gasteiger partial charge in [0.25, 0.3) is 0 Å². The van der Waals surface area contributed by atoms with E-state index in [1.807, 2.05) is 0 Å². The van der Waals surface area contributed by atoms with Crippen LogP contribution in [0.2, 0.25) is 0 Å². The summed E-state index contributed by atoms with van der Waals surface area (Å²) in [5.74, 6) is 0. The minimum absolute atomic E-state index is 0. The van der Waals surface area contributed by atoms with Crippen molar-refractivity contribution in [2.24, 2.45) is 0 Å². The Hall–Kier alpha value is 2.65. The molecule has 6 heteroatoms. The Morgan fingerprint density at radius 1 is 1.50 bits per heavy atom. The van der Waals surface area contributed by atoms with E-state index in [9.17, 15) is 0 Å². The van der Waals surface area contributed by atoms with Crippen molar-refractivity contribution in [3.63, 3.8) is 0 Å². The fourth-order valence-electron chi connectivity index (χ4n) is 0. The Morgan fingerprint density at radius 3 is 1.50 bits per heavy atom. The molecule has 0 aromatic rings. The van der Waals surface area contributed by atoms with Gasteiger partial charge in [0.05, 0.1) is 0 Å². The summed E-state index contributed by atoms with van der Waals surface area (Å²) in [5.41, 5.74) is 0. The van der Waals surface area contributed by atoms with E-state index in [2.05, 4.69) is 0 Å². The predicted molar refractivity (Wildman–Crippen MR) is 11.6 cm³/mol. The third-order valence-electron chi connectivity index (χ3n) is 0. The van der Waals surface area contributed by atoms with Crippen LogP contribution >= 0.6 is 0 Å². The molecule has 0 rings (SSSR count). The normalized spacial score (nSPS) is 4.17. The topological polar surface area (TPSA) is 54.4 Å². The van der Waals surface area contributed by atoms with Gasteiger partial charge >= 0.3 is 64.5 Å². The summed E-state index contributed by atoms with van der Waals surface area (Å²) in [6.45, 7) is 0. The van der Waals surface area contributed by atoms with Gasteiger partial charge in [0.2, 0.25) is 0 Å². The van der Waals surface area contributed by atoms with E-state index in [4.69, 9.17) is 11.4 Å². The predicted octanol–water partition coefficient (Wildman–Crippen LogP) is -0.953. The van der Waals surface area contributed by atoms with Crippen LogP contribution in [0.4, 0.5) is 0 Å². The number of hydrogen-bond donors (Lipinski definition) is 1. The Labute approximate surface area is 102 Å². The van der Waals surface area contributed by atoms with Gasteiger partial charge in [0, 0.05) is 37.3 Å². The Bertz CT molecular complexity index is 65.7. The van der Waals surface area contributed by atoms with Crippen molar-refractivity contribution < 1.29 is 66.9 Å². The standard InChI is InChI=1S/Ca.Er.H2O.2O.V.2H/h;;1H2;;;;;/q+2;;;;;+1;2*-1/p-1. The van der Waals surface area contributed by atoms with Crippen LogP contribution in [0, 0.1) is 37.3 Å². The third kappa shape index (κ3) is 30.2. The molecule has 0 aliphatic carbocycles. The average Bonchev–Trinajstić information content (AvgIpc) is 0.811. The zero-order valence-electron chi connectivity index (χ0n) is 4.71. The van der Waals surface area contributed by atoms with Crippen molar-refractivity contribution in [3.05, 3.63) is 0 Å². The van der Waals surface area contributed by atoms with Crippen LogP contribution in [0.3, 0.4) is 0 Å². The molecular weight excluding hydrogens is 306 g/mol. The molecule has 40 valence electrons. The van der Waals surface area contributed by atoms with Crippen molar-refractivity contribution in [2.45, 2.75) is 0 Å². The number of hydrogen-bond acceptors (Lipinski definition) is 2. The van der Waals surface area contributed by atoms with E-state index in [1.165, 1.54) is 0 Å². The van der Waals surface area contributed by atoms with Crippen LogP contribution < -0.4 is 0 Å². The van der Waals surface area contributed by atoms with E-state index < -0.39 is 15.4 Å². The van der Waals surface area contributed by atoms with Crippen LogP contribution in [0.15, 0.2) is 0 Å². The number of rotatable bonds is 0. The summed E-state index contributed by atoms with van der Waals surface area (Å²) in [6.07, 6.45) is 0. The van der Waals surface area contributed by atoms with Crippen LogP contribution in [-0.2, 0) is 22.7 Å². The molecule has 0 spiro atoms. The molecular formula is H3CaErO3V. The summed E-state index contributed by atoms with van der Waals surface area (Å²) in [4.78, 5) is 0. The van der Waals surface area contributed by atoms with Gasteiger partial charge < -0.3 is 2.85 Å². The molecule has 0 radical (unpaired) electrons. The molecule has 0 aromatic carbocycles. The molecule has 0 heterocycles. The van der Waals surface area contributed by atoms with Gasteiger partial charge in [-0.3, -0.25) is 0 Å². The second kappa shape index (κ2) is 10.6. The first kappa shape index (κ1) is 15.9. The van der Waals surface area contributed by atoms with Gasteiger partial charge in [0.1, 0.15) is 0 Å². The third-order valence-corrected chi connectivity index (χ3v) is 0. The maximum absolute atomic E-state index is 8.67. The van der Waals surface area contributed by atoms with Crippen molar-refractivity contribution >= 4 is 37.7 Å². The van der Waals surface area contributed by atoms with Gasteiger partial charge in [-0.2, -0.15) is 0 Å². The van der Waals surface area contributed by atoms with Crippen LogP contribution in [0.5, 0.6) is 0 Å². The summed E-state index contributed by atoms with van der Waals surface area (Å²) >= 11 is -3.69. The Morgan fingerprint density at radius 2 is 1.50 bits per heavy atom. The zero-order chi connectivity index (χ0) is 3.58. The molecule has 0 aromatic heterocycles. The van der Waals surface area contributed by atoms with Crippen molar-refractivity contribution in [3.8, 4) is 0 Å². The zero-order valence-corrected chi connectivity index (χ0v) is 8.16. The molecule has 0 atom stereocenters. The van der Waals surface area contributed by atoms with Crippen LogP contribution in [0.25, 0.3) is 0 Å². The summed E-state index contributed by atoms with van der Waals surface area (Å²) in [7, 11) is 0. The molecule has 0 unspecified atom stereocenters. The van der Waals surface area contributed by atoms with Gasteiger partial charge in [-0.05, 0) is 0 Å².